The van der Waals surface area contributed by atoms with Gasteiger partial charge in [0.25, 0.3) is 0 Å². The van der Waals surface area contributed by atoms with E-state index in [4.69, 9.17) is 4.74 Å². The Hall–Kier alpha value is -1.93. The molecule has 0 spiro atoms. The second-order valence-electron chi connectivity index (χ2n) is 6.68. The number of hydrogen-bond donors (Lipinski definition) is 1. The first-order valence-corrected chi connectivity index (χ1v) is 9.62. The maximum atomic E-state index is 12.6. The molecule has 0 radical (unpaired) electrons. The Morgan fingerprint density at radius 3 is 2.96 bits per heavy atom. The summed E-state index contributed by atoms with van der Waals surface area (Å²) in [6.45, 7) is 2.77. The van der Waals surface area contributed by atoms with Gasteiger partial charge in [-0.05, 0) is 49.4 Å². The van der Waals surface area contributed by atoms with Crippen molar-refractivity contribution in [2.24, 2.45) is 5.92 Å². The van der Waals surface area contributed by atoms with Gasteiger partial charge in [-0.3, -0.25) is 4.68 Å². The maximum absolute atomic E-state index is 12.6. The first-order chi connectivity index (χ1) is 11.5. The molecule has 24 heavy (non-hydrogen) atoms. The SMILES string of the molecule is CC1Cc2cc(S(=O)(=O)NC3CC(Cn4cncn4)C3)ccc2O1. The average molecular weight is 348 g/mol. The number of benzene rings is 1. The van der Waals surface area contributed by atoms with Gasteiger partial charge in [-0.2, -0.15) is 5.10 Å². The van der Waals surface area contributed by atoms with Gasteiger partial charge >= 0.3 is 0 Å². The van der Waals surface area contributed by atoms with E-state index in [1.54, 1.807) is 29.2 Å². The van der Waals surface area contributed by atoms with Crippen LogP contribution in [0.2, 0.25) is 0 Å². The smallest absolute Gasteiger partial charge is 0.240 e. The molecule has 1 aliphatic carbocycles. The van der Waals surface area contributed by atoms with Gasteiger partial charge in [-0.25, -0.2) is 18.1 Å². The third-order valence-electron chi connectivity index (χ3n) is 4.65. The number of rotatable bonds is 5. The number of sulfonamides is 1. The lowest BCUT2D eigenvalue weighted by Crippen LogP contribution is -2.45. The van der Waals surface area contributed by atoms with Crippen LogP contribution in [0.1, 0.15) is 25.3 Å². The molecule has 2 aromatic rings. The van der Waals surface area contributed by atoms with Crippen molar-refractivity contribution in [3.63, 3.8) is 0 Å². The fraction of sp³-hybridized carbons (Fsp3) is 0.500. The number of nitrogens with one attached hydrogen (secondary N) is 1. The monoisotopic (exact) mass is 348 g/mol. The topological polar surface area (TPSA) is 86.1 Å². The van der Waals surface area contributed by atoms with E-state index in [9.17, 15) is 8.42 Å². The summed E-state index contributed by atoms with van der Waals surface area (Å²) in [5.74, 6) is 1.23. The zero-order valence-corrected chi connectivity index (χ0v) is 14.2. The highest BCUT2D eigenvalue weighted by Gasteiger charge is 2.33. The molecule has 1 aromatic carbocycles. The second-order valence-corrected chi connectivity index (χ2v) is 8.39. The normalized spacial score (nSPS) is 25.8. The van der Waals surface area contributed by atoms with Crippen LogP contribution in [0, 0.1) is 5.92 Å². The Labute approximate surface area is 141 Å². The molecule has 7 nitrogen and oxygen atoms in total. The average Bonchev–Trinajstić information content (AvgIpc) is 3.11. The van der Waals surface area contributed by atoms with Gasteiger partial charge in [0, 0.05) is 19.0 Å². The van der Waals surface area contributed by atoms with Crippen LogP contribution in [0.4, 0.5) is 0 Å². The molecule has 0 amide bonds. The van der Waals surface area contributed by atoms with E-state index in [2.05, 4.69) is 14.8 Å². The van der Waals surface area contributed by atoms with Crippen LogP contribution >= 0.6 is 0 Å². The Bertz CT molecular complexity index is 829. The molecule has 128 valence electrons. The highest BCUT2D eigenvalue weighted by Crippen LogP contribution is 2.32. The fourth-order valence-electron chi connectivity index (χ4n) is 3.43. The number of nitrogens with zero attached hydrogens (tertiary/aromatic N) is 3. The quantitative estimate of drug-likeness (QED) is 0.882. The van der Waals surface area contributed by atoms with E-state index in [0.29, 0.717) is 10.8 Å². The molecule has 1 fully saturated rings. The fourth-order valence-corrected chi connectivity index (χ4v) is 4.74. The van der Waals surface area contributed by atoms with Crippen molar-refractivity contribution in [3.05, 3.63) is 36.4 Å². The predicted molar refractivity (Wildman–Crippen MR) is 87.1 cm³/mol. The Kier molecular flexibility index (Phi) is 3.80. The van der Waals surface area contributed by atoms with Gasteiger partial charge in [0.05, 0.1) is 4.90 Å². The molecule has 8 heteroatoms. The van der Waals surface area contributed by atoms with Crippen LogP contribution in [0.3, 0.4) is 0 Å². The van der Waals surface area contributed by atoms with Crippen LogP contribution in [0.5, 0.6) is 5.75 Å². The summed E-state index contributed by atoms with van der Waals surface area (Å²) in [6.07, 6.45) is 5.70. The van der Waals surface area contributed by atoms with Crippen molar-refractivity contribution in [2.75, 3.05) is 0 Å². The van der Waals surface area contributed by atoms with E-state index in [0.717, 1.165) is 37.1 Å². The number of ether oxygens (including phenoxy) is 1. The van der Waals surface area contributed by atoms with Crippen molar-refractivity contribution >= 4 is 10.0 Å². The summed E-state index contributed by atoms with van der Waals surface area (Å²) in [5.41, 5.74) is 0.961. The molecule has 2 aliphatic rings. The van der Waals surface area contributed by atoms with Gasteiger partial charge in [-0.15, -0.1) is 0 Å². The van der Waals surface area contributed by atoms with Crippen LogP contribution < -0.4 is 9.46 Å². The molecule has 0 bridgehead atoms. The molecule has 1 atom stereocenters. The summed E-state index contributed by atoms with van der Waals surface area (Å²) in [5, 5.41) is 4.08. The minimum absolute atomic E-state index is 0.00745. The molecule has 1 aromatic heterocycles. The number of hydrogen-bond acceptors (Lipinski definition) is 5. The third kappa shape index (κ3) is 3.03. The first-order valence-electron chi connectivity index (χ1n) is 8.14. The molecule has 1 aliphatic heterocycles. The highest BCUT2D eigenvalue weighted by atomic mass is 32.2. The van der Waals surface area contributed by atoms with E-state index < -0.39 is 10.0 Å². The molecule has 1 unspecified atom stereocenters. The molecular weight excluding hydrogens is 328 g/mol. The first kappa shape index (κ1) is 15.6. The van der Waals surface area contributed by atoms with E-state index in [1.165, 1.54) is 6.33 Å². The second kappa shape index (κ2) is 5.86. The molecule has 2 heterocycles. The van der Waals surface area contributed by atoms with Gasteiger partial charge in [0.15, 0.2) is 0 Å². The Morgan fingerprint density at radius 1 is 1.38 bits per heavy atom. The summed E-state index contributed by atoms with van der Waals surface area (Å²) in [4.78, 5) is 4.23. The summed E-state index contributed by atoms with van der Waals surface area (Å²) in [6, 6.07) is 5.09. The maximum Gasteiger partial charge on any atom is 0.240 e. The van der Waals surface area contributed by atoms with Gasteiger partial charge in [0.2, 0.25) is 10.0 Å². The van der Waals surface area contributed by atoms with Crippen LogP contribution in [-0.2, 0) is 23.0 Å². The molecule has 1 N–H and O–H groups in total. The minimum atomic E-state index is -3.49. The van der Waals surface area contributed by atoms with Crippen LogP contribution in [0.15, 0.2) is 35.7 Å². The van der Waals surface area contributed by atoms with Crippen LogP contribution in [0.25, 0.3) is 0 Å². The van der Waals surface area contributed by atoms with Crippen molar-refractivity contribution in [1.82, 2.24) is 19.5 Å². The predicted octanol–water partition coefficient (Wildman–Crippen LogP) is 1.36. The van der Waals surface area contributed by atoms with E-state index in [-0.39, 0.29) is 12.1 Å². The molecule has 4 rings (SSSR count). The molecular formula is C16H20N4O3S. The summed E-state index contributed by atoms with van der Waals surface area (Å²) < 4.78 is 35.3. The standard InChI is InChI=1S/C16H20N4O3S/c1-11-4-13-7-15(2-3-16(13)23-11)24(21,22)19-14-5-12(6-14)8-20-10-17-9-18-20/h2-3,7,9-12,14,19H,4-6,8H2,1H3. The summed E-state index contributed by atoms with van der Waals surface area (Å²) in [7, 11) is -3.49. The molecule has 0 saturated heterocycles. The minimum Gasteiger partial charge on any atom is -0.490 e. The summed E-state index contributed by atoms with van der Waals surface area (Å²) >= 11 is 0. The number of fused-ring (bicyclic) bond motifs is 1. The van der Waals surface area contributed by atoms with Gasteiger partial charge in [-0.1, -0.05) is 0 Å². The van der Waals surface area contributed by atoms with E-state index in [1.807, 2.05) is 6.92 Å². The largest absolute Gasteiger partial charge is 0.490 e. The van der Waals surface area contributed by atoms with Crippen molar-refractivity contribution in [3.8, 4) is 5.75 Å². The highest BCUT2D eigenvalue weighted by molar-refractivity contribution is 7.89. The van der Waals surface area contributed by atoms with Crippen LogP contribution in [-0.4, -0.2) is 35.3 Å². The zero-order valence-electron chi connectivity index (χ0n) is 13.4. The number of aromatic nitrogens is 3. The van der Waals surface area contributed by atoms with Crippen molar-refractivity contribution in [2.45, 2.75) is 49.8 Å². The lowest BCUT2D eigenvalue weighted by Gasteiger charge is -2.35. The zero-order chi connectivity index (χ0) is 16.7. The Balaban J connectivity index is 1.37. The van der Waals surface area contributed by atoms with Gasteiger partial charge < -0.3 is 4.74 Å². The van der Waals surface area contributed by atoms with Gasteiger partial charge in [0.1, 0.15) is 24.5 Å². The molecule has 1 saturated carbocycles. The van der Waals surface area contributed by atoms with Crippen molar-refractivity contribution in [1.29, 1.82) is 0 Å². The Morgan fingerprint density at radius 2 is 2.21 bits per heavy atom. The third-order valence-corrected chi connectivity index (χ3v) is 6.17. The lowest BCUT2D eigenvalue weighted by atomic mass is 9.81. The van der Waals surface area contributed by atoms with Crippen molar-refractivity contribution < 1.29 is 13.2 Å². The lowest BCUT2D eigenvalue weighted by molar-refractivity contribution is 0.213. The van der Waals surface area contributed by atoms with E-state index >= 15 is 0 Å².